The summed E-state index contributed by atoms with van der Waals surface area (Å²) in [5, 5.41) is 6.26. The van der Waals surface area contributed by atoms with E-state index in [9.17, 15) is 0 Å². The Morgan fingerprint density at radius 2 is 0.953 bits per heavy atom. The van der Waals surface area contributed by atoms with Crippen molar-refractivity contribution < 1.29 is 0 Å². The van der Waals surface area contributed by atoms with Crippen LogP contribution in [0.2, 0.25) is 0 Å². The molecule has 3 heteroatoms. The van der Waals surface area contributed by atoms with Gasteiger partial charge in [-0.25, -0.2) is 0 Å². The Morgan fingerprint density at radius 1 is 0.391 bits per heavy atom. The number of nitrogens with zero attached hydrogens (tertiary/aromatic N) is 2. The zero-order chi connectivity index (χ0) is 42.2. The molecule has 0 saturated carbocycles. The number of hydrogen-bond acceptors (Lipinski definition) is 3. The minimum atomic E-state index is -0.502. The molecule has 1 N–H and O–H groups in total. The van der Waals surface area contributed by atoms with Crippen LogP contribution in [0.25, 0.3) is 44.2 Å². The molecule has 13 rings (SSSR count). The lowest BCUT2D eigenvalue weighted by atomic mass is 9.64. The second-order valence-electron chi connectivity index (χ2n) is 17.1. The van der Waals surface area contributed by atoms with Gasteiger partial charge in [0.05, 0.1) is 22.5 Å². The Morgan fingerprint density at radius 3 is 1.73 bits per heavy atom. The van der Waals surface area contributed by atoms with Gasteiger partial charge in [0.15, 0.2) is 0 Å². The minimum absolute atomic E-state index is 0.239. The van der Waals surface area contributed by atoms with E-state index in [2.05, 4.69) is 247 Å². The van der Waals surface area contributed by atoms with Gasteiger partial charge in [-0.1, -0.05) is 200 Å². The van der Waals surface area contributed by atoms with E-state index in [0.29, 0.717) is 0 Å². The Bertz CT molecular complexity index is 3420. The molecule has 0 amide bonds. The van der Waals surface area contributed by atoms with Gasteiger partial charge in [0.2, 0.25) is 0 Å². The van der Waals surface area contributed by atoms with Crippen molar-refractivity contribution >= 4 is 39.2 Å². The number of hydrogen-bond donors (Lipinski definition) is 1. The summed E-state index contributed by atoms with van der Waals surface area (Å²) in [5.41, 5.74) is 21.0. The fourth-order valence-corrected chi connectivity index (χ4v) is 10.9. The molecule has 10 aromatic rings. The van der Waals surface area contributed by atoms with E-state index in [1.807, 2.05) is 0 Å². The molecule has 0 radical (unpaired) electrons. The van der Waals surface area contributed by atoms with Crippen molar-refractivity contribution in [1.29, 1.82) is 0 Å². The summed E-state index contributed by atoms with van der Waals surface area (Å²) in [6.07, 6.45) is -0.239. The largest absolute Gasteiger partial charge is 0.360 e. The molecule has 300 valence electrons. The van der Waals surface area contributed by atoms with Crippen molar-refractivity contribution in [3.8, 4) is 33.4 Å². The Hall–Kier alpha value is -8.27. The molecule has 0 fully saturated rings. The first-order chi connectivity index (χ1) is 31.7. The molecule has 1 unspecified atom stereocenters. The van der Waals surface area contributed by atoms with E-state index < -0.39 is 5.41 Å². The summed E-state index contributed by atoms with van der Waals surface area (Å²) >= 11 is 0. The topological polar surface area (TPSA) is 27.6 Å². The average molecular weight is 816 g/mol. The summed E-state index contributed by atoms with van der Waals surface area (Å²) in [6.45, 7) is 0. The normalized spacial score (nSPS) is 15.0. The van der Waals surface area contributed by atoms with Crippen molar-refractivity contribution in [2.75, 3.05) is 10.2 Å². The Balaban J connectivity index is 0.890. The molecule has 1 atom stereocenters. The molecule has 1 spiro atoms. The van der Waals surface area contributed by atoms with Gasteiger partial charge in [0, 0.05) is 22.5 Å². The highest BCUT2D eigenvalue weighted by molar-refractivity contribution is 6.17. The predicted octanol–water partition coefficient (Wildman–Crippen LogP) is 15.3. The molecule has 2 heterocycles. The first-order valence-electron chi connectivity index (χ1n) is 22.2. The van der Waals surface area contributed by atoms with E-state index >= 15 is 0 Å². The van der Waals surface area contributed by atoms with Crippen molar-refractivity contribution in [1.82, 2.24) is 0 Å². The minimum Gasteiger partial charge on any atom is -0.360 e. The molecule has 64 heavy (non-hydrogen) atoms. The number of anilines is 4. The number of rotatable bonds is 5. The van der Waals surface area contributed by atoms with Gasteiger partial charge < -0.3 is 10.2 Å². The van der Waals surface area contributed by atoms with Gasteiger partial charge in [-0.05, 0) is 108 Å². The highest BCUT2D eigenvalue weighted by Gasteiger charge is 2.51. The van der Waals surface area contributed by atoms with Gasteiger partial charge in [0.25, 0.3) is 0 Å². The van der Waals surface area contributed by atoms with E-state index in [-0.39, 0.29) is 6.17 Å². The molecular formula is C61H41N3. The summed E-state index contributed by atoms with van der Waals surface area (Å²) in [7, 11) is 0. The monoisotopic (exact) mass is 815 g/mol. The van der Waals surface area contributed by atoms with Crippen LogP contribution in [0.3, 0.4) is 0 Å². The zero-order valence-electron chi connectivity index (χ0n) is 35.0. The van der Waals surface area contributed by atoms with Crippen LogP contribution in [0.1, 0.15) is 45.1 Å². The number of benzene rings is 10. The third kappa shape index (κ3) is 5.44. The number of fused-ring (bicyclic) bond motifs is 11. The number of para-hydroxylation sites is 4. The zero-order valence-corrected chi connectivity index (χ0v) is 35.0. The van der Waals surface area contributed by atoms with Crippen molar-refractivity contribution in [2.45, 2.75) is 11.6 Å². The number of nitrogens with one attached hydrogen (secondary N) is 1. The molecule has 3 aliphatic rings. The molecular weight excluding hydrogens is 775 g/mol. The summed E-state index contributed by atoms with van der Waals surface area (Å²) in [5.74, 6) is 0. The van der Waals surface area contributed by atoms with Crippen LogP contribution in [-0.4, -0.2) is 5.71 Å². The van der Waals surface area contributed by atoms with Gasteiger partial charge in [-0.3, -0.25) is 4.99 Å². The molecule has 1 aliphatic carbocycles. The van der Waals surface area contributed by atoms with Crippen LogP contribution in [0.15, 0.2) is 242 Å². The second kappa shape index (κ2) is 14.4. The standard InChI is InChI=1S/C61H41N3/c1-2-17-46(18-3-1)64-57-27-12-9-24-53(57)61(54-25-10-13-28-58(54)64)52-23-8-6-20-49(52)50-38-37-45(39-55(50)61)40-29-35-44(36-30-40)60-62-56-26-11-7-21-51(56)59(63-60)43-33-31-42(32-34-43)48-22-14-16-41-15-4-5-19-47(41)48/h1-39,60,62H. The third-order valence-corrected chi connectivity index (χ3v) is 13.7. The van der Waals surface area contributed by atoms with Gasteiger partial charge >= 0.3 is 0 Å². The van der Waals surface area contributed by atoms with Crippen molar-refractivity contribution in [3.05, 3.63) is 276 Å². The van der Waals surface area contributed by atoms with Crippen LogP contribution < -0.4 is 10.2 Å². The molecule has 3 nitrogen and oxygen atoms in total. The molecule has 2 aliphatic heterocycles. The maximum atomic E-state index is 5.42. The average Bonchev–Trinajstić information content (AvgIpc) is 3.66. The van der Waals surface area contributed by atoms with Gasteiger partial charge in [-0.15, -0.1) is 0 Å². The van der Waals surface area contributed by atoms with Crippen LogP contribution in [0.4, 0.5) is 22.7 Å². The lowest BCUT2D eigenvalue weighted by molar-refractivity contribution is 0.753. The van der Waals surface area contributed by atoms with E-state index in [1.165, 1.54) is 77.8 Å². The maximum absolute atomic E-state index is 5.42. The molecule has 0 aromatic heterocycles. The van der Waals surface area contributed by atoms with Crippen LogP contribution in [-0.2, 0) is 5.41 Å². The highest BCUT2D eigenvalue weighted by atomic mass is 15.2. The summed E-state index contributed by atoms with van der Waals surface area (Å²) < 4.78 is 0. The first-order valence-corrected chi connectivity index (χ1v) is 22.2. The summed E-state index contributed by atoms with van der Waals surface area (Å²) in [4.78, 5) is 7.85. The second-order valence-corrected chi connectivity index (χ2v) is 17.1. The van der Waals surface area contributed by atoms with Crippen LogP contribution in [0, 0.1) is 0 Å². The number of aliphatic imine (C=N–C) groups is 1. The Kier molecular flexibility index (Phi) is 8.19. The quantitative estimate of drug-likeness (QED) is 0.187. The lowest BCUT2D eigenvalue weighted by Crippen LogP contribution is -2.36. The van der Waals surface area contributed by atoms with E-state index in [1.54, 1.807) is 0 Å². The van der Waals surface area contributed by atoms with E-state index in [0.717, 1.165) is 33.8 Å². The highest BCUT2D eigenvalue weighted by Crippen LogP contribution is 2.63. The maximum Gasteiger partial charge on any atom is 0.145 e. The molecule has 0 bridgehead atoms. The third-order valence-electron chi connectivity index (χ3n) is 13.7. The van der Waals surface area contributed by atoms with Crippen LogP contribution in [0.5, 0.6) is 0 Å². The molecule has 10 aromatic carbocycles. The van der Waals surface area contributed by atoms with Gasteiger partial charge in [0.1, 0.15) is 6.17 Å². The van der Waals surface area contributed by atoms with E-state index in [4.69, 9.17) is 4.99 Å². The SMILES string of the molecule is c1ccc(N2c3ccccc3C3(c4ccccc4-c4ccc(-c5ccc(C6N=C(c7ccc(-c8cccc9ccccc89)cc7)c7ccccc7N6)cc5)cc43)c3ccccc32)cc1. The van der Waals surface area contributed by atoms with Crippen molar-refractivity contribution in [3.63, 3.8) is 0 Å². The first kappa shape index (κ1) is 36.4. The Labute approximate surface area is 373 Å². The van der Waals surface area contributed by atoms with Crippen molar-refractivity contribution in [2.24, 2.45) is 4.99 Å². The predicted molar refractivity (Wildman–Crippen MR) is 265 cm³/mol. The lowest BCUT2D eigenvalue weighted by Gasteiger charge is -2.45. The molecule has 0 saturated heterocycles. The fourth-order valence-electron chi connectivity index (χ4n) is 10.9. The summed E-state index contributed by atoms with van der Waals surface area (Å²) in [6, 6.07) is 86.5. The van der Waals surface area contributed by atoms with Gasteiger partial charge in [-0.2, -0.15) is 0 Å². The van der Waals surface area contributed by atoms with Crippen LogP contribution >= 0.6 is 0 Å². The smallest absolute Gasteiger partial charge is 0.145 e. The fraction of sp³-hybridized carbons (Fsp3) is 0.0328.